The summed E-state index contributed by atoms with van der Waals surface area (Å²) < 4.78 is 3.32. The third-order valence-corrected chi connectivity index (χ3v) is 3.28. The summed E-state index contributed by atoms with van der Waals surface area (Å²) in [5.41, 5.74) is 0.912. The molecular formula is C14H15N7O. The van der Waals surface area contributed by atoms with Crippen LogP contribution >= 0.6 is 0 Å². The topological polar surface area (TPSA) is 90.5 Å². The maximum Gasteiger partial charge on any atom is 0.243 e. The Balaban J connectivity index is 1.58. The molecule has 0 saturated carbocycles. The average molecular weight is 297 g/mol. The fourth-order valence-electron chi connectivity index (χ4n) is 1.95. The van der Waals surface area contributed by atoms with Crippen LogP contribution in [0, 0.1) is 0 Å². The van der Waals surface area contributed by atoms with Crippen LogP contribution in [0.5, 0.6) is 0 Å². The van der Waals surface area contributed by atoms with Gasteiger partial charge in [0, 0.05) is 25.1 Å². The Morgan fingerprint density at radius 2 is 2.23 bits per heavy atom. The highest BCUT2D eigenvalue weighted by atomic mass is 16.2. The molecule has 3 rings (SSSR count). The number of imidazole rings is 1. The van der Waals surface area contributed by atoms with E-state index in [4.69, 9.17) is 0 Å². The van der Waals surface area contributed by atoms with Crippen LogP contribution in [0.15, 0.2) is 49.7 Å². The first-order chi connectivity index (χ1) is 10.7. The minimum absolute atomic E-state index is 0.0710. The van der Waals surface area contributed by atoms with Crippen LogP contribution in [0.25, 0.3) is 5.82 Å². The SMILES string of the molecule is C[C@H](C(=O)NCc1ccc(-n2cncn2)nc1)n1ccnc1. The van der Waals surface area contributed by atoms with Crippen LogP contribution in [0.3, 0.4) is 0 Å². The van der Waals surface area contributed by atoms with E-state index in [-0.39, 0.29) is 11.9 Å². The monoisotopic (exact) mass is 297 g/mol. The molecule has 112 valence electrons. The molecule has 22 heavy (non-hydrogen) atoms. The first-order valence-electron chi connectivity index (χ1n) is 6.79. The van der Waals surface area contributed by atoms with E-state index in [1.807, 2.05) is 19.1 Å². The maximum atomic E-state index is 12.1. The van der Waals surface area contributed by atoms with Gasteiger partial charge in [-0.25, -0.2) is 19.6 Å². The molecule has 3 aromatic heterocycles. The summed E-state index contributed by atoms with van der Waals surface area (Å²) in [6.07, 6.45) is 9.77. The van der Waals surface area contributed by atoms with E-state index < -0.39 is 0 Å². The molecule has 1 atom stereocenters. The van der Waals surface area contributed by atoms with Crippen molar-refractivity contribution in [1.29, 1.82) is 0 Å². The number of hydrogen-bond acceptors (Lipinski definition) is 5. The molecule has 0 saturated heterocycles. The Kier molecular flexibility index (Phi) is 3.90. The second-order valence-electron chi connectivity index (χ2n) is 4.77. The molecule has 0 bridgehead atoms. The van der Waals surface area contributed by atoms with Crippen LogP contribution in [0.4, 0.5) is 0 Å². The van der Waals surface area contributed by atoms with Gasteiger partial charge in [0.25, 0.3) is 0 Å². The summed E-state index contributed by atoms with van der Waals surface area (Å²) in [7, 11) is 0. The number of hydrogen-bond donors (Lipinski definition) is 1. The Bertz CT molecular complexity index is 719. The Labute approximate surface area is 126 Å². The van der Waals surface area contributed by atoms with Crippen molar-refractivity contribution < 1.29 is 4.79 Å². The molecule has 0 unspecified atom stereocenters. The smallest absolute Gasteiger partial charge is 0.243 e. The van der Waals surface area contributed by atoms with Gasteiger partial charge in [-0.3, -0.25) is 4.79 Å². The van der Waals surface area contributed by atoms with Gasteiger partial charge in [-0.2, -0.15) is 5.10 Å². The number of amides is 1. The molecule has 3 heterocycles. The average Bonchev–Trinajstić information content (AvgIpc) is 3.25. The molecule has 1 amide bonds. The van der Waals surface area contributed by atoms with Gasteiger partial charge in [-0.15, -0.1) is 0 Å². The van der Waals surface area contributed by atoms with E-state index in [0.717, 1.165) is 5.56 Å². The van der Waals surface area contributed by atoms with Crippen LogP contribution in [0.2, 0.25) is 0 Å². The second-order valence-corrected chi connectivity index (χ2v) is 4.77. The highest BCUT2D eigenvalue weighted by molar-refractivity contribution is 5.79. The summed E-state index contributed by atoms with van der Waals surface area (Å²) in [5, 5.41) is 6.89. The minimum atomic E-state index is -0.301. The lowest BCUT2D eigenvalue weighted by atomic mass is 10.2. The predicted octanol–water partition coefficient (Wildman–Crippen LogP) is 0.736. The standard InChI is InChI=1S/C14H15N7O/c1-11(20-5-4-15-9-20)14(22)18-7-12-2-3-13(17-6-12)21-10-16-8-19-21/h2-6,8-11H,7H2,1H3,(H,18,22)/t11-/m1/s1. The largest absolute Gasteiger partial charge is 0.350 e. The highest BCUT2D eigenvalue weighted by Gasteiger charge is 2.13. The fourth-order valence-corrected chi connectivity index (χ4v) is 1.95. The van der Waals surface area contributed by atoms with Gasteiger partial charge in [0.05, 0.1) is 6.33 Å². The minimum Gasteiger partial charge on any atom is -0.350 e. The van der Waals surface area contributed by atoms with Crippen molar-refractivity contribution in [2.45, 2.75) is 19.5 Å². The van der Waals surface area contributed by atoms with Crippen molar-refractivity contribution in [3.63, 3.8) is 0 Å². The number of carbonyl (C=O) groups is 1. The number of aromatic nitrogens is 6. The van der Waals surface area contributed by atoms with Crippen molar-refractivity contribution in [1.82, 2.24) is 34.6 Å². The van der Waals surface area contributed by atoms with E-state index in [1.165, 1.54) is 6.33 Å². The molecule has 0 fully saturated rings. The molecule has 8 heteroatoms. The van der Waals surface area contributed by atoms with Gasteiger partial charge in [0.15, 0.2) is 5.82 Å². The number of rotatable bonds is 5. The van der Waals surface area contributed by atoms with Crippen LogP contribution in [-0.2, 0) is 11.3 Å². The number of carbonyl (C=O) groups excluding carboxylic acids is 1. The van der Waals surface area contributed by atoms with Gasteiger partial charge in [0.2, 0.25) is 5.91 Å². The highest BCUT2D eigenvalue weighted by Crippen LogP contribution is 2.06. The lowest BCUT2D eigenvalue weighted by Crippen LogP contribution is -2.30. The lowest BCUT2D eigenvalue weighted by molar-refractivity contribution is -0.124. The van der Waals surface area contributed by atoms with Crippen molar-refractivity contribution in [2.75, 3.05) is 0 Å². The van der Waals surface area contributed by atoms with E-state index in [9.17, 15) is 4.79 Å². The zero-order valence-corrected chi connectivity index (χ0v) is 12.0. The maximum absolute atomic E-state index is 12.1. The van der Waals surface area contributed by atoms with Crippen molar-refractivity contribution in [3.05, 3.63) is 55.3 Å². The Morgan fingerprint density at radius 1 is 1.32 bits per heavy atom. The number of nitrogens with one attached hydrogen (secondary N) is 1. The zero-order valence-electron chi connectivity index (χ0n) is 12.0. The molecule has 1 N–H and O–H groups in total. The van der Waals surface area contributed by atoms with Crippen LogP contribution in [-0.4, -0.2) is 35.2 Å². The van der Waals surface area contributed by atoms with Gasteiger partial charge < -0.3 is 9.88 Å². The summed E-state index contributed by atoms with van der Waals surface area (Å²) in [6, 6.07) is 3.42. The van der Waals surface area contributed by atoms with E-state index in [0.29, 0.717) is 12.4 Å². The molecule has 0 aliphatic carbocycles. The third kappa shape index (κ3) is 3.00. The van der Waals surface area contributed by atoms with Gasteiger partial charge in [-0.1, -0.05) is 6.07 Å². The first-order valence-corrected chi connectivity index (χ1v) is 6.79. The van der Waals surface area contributed by atoms with Gasteiger partial charge in [-0.05, 0) is 18.6 Å². The summed E-state index contributed by atoms with van der Waals surface area (Å²) in [4.78, 5) is 24.2. The normalized spacial score (nSPS) is 12.0. The van der Waals surface area contributed by atoms with Crippen molar-refractivity contribution in [3.8, 4) is 5.82 Å². The van der Waals surface area contributed by atoms with E-state index >= 15 is 0 Å². The van der Waals surface area contributed by atoms with Crippen LogP contribution < -0.4 is 5.32 Å². The molecule has 0 radical (unpaired) electrons. The molecule has 0 aliphatic heterocycles. The summed E-state index contributed by atoms with van der Waals surface area (Å²) >= 11 is 0. The molecule has 0 spiro atoms. The number of pyridine rings is 1. The lowest BCUT2D eigenvalue weighted by Gasteiger charge is -2.13. The van der Waals surface area contributed by atoms with Crippen molar-refractivity contribution in [2.24, 2.45) is 0 Å². The first kappa shape index (κ1) is 13.9. The van der Waals surface area contributed by atoms with Gasteiger partial charge >= 0.3 is 0 Å². The fraction of sp³-hybridized carbons (Fsp3) is 0.214. The summed E-state index contributed by atoms with van der Waals surface area (Å²) in [5.74, 6) is 0.609. The van der Waals surface area contributed by atoms with E-state index in [1.54, 1.807) is 40.5 Å². The predicted molar refractivity (Wildman–Crippen MR) is 77.9 cm³/mol. The molecule has 8 nitrogen and oxygen atoms in total. The van der Waals surface area contributed by atoms with Crippen LogP contribution in [0.1, 0.15) is 18.5 Å². The molecule has 0 aliphatic rings. The summed E-state index contributed by atoms with van der Waals surface area (Å²) in [6.45, 7) is 2.24. The molecular weight excluding hydrogens is 282 g/mol. The second kappa shape index (κ2) is 6.17. The zero-order chi connectivity index (χ0) is 15.4. The Hall–Kier alpha value is -3.03. The number of nitrogens with zero attached hydrogens (tertiary/aromatic N) is 6. The Morgan fingerprint density at radius 3 is 2.86 bits per heavy atom. The van der Waals surface area contributed by atoms with E-state index in [2.05, 4.69) is 25.4 Å². The van der Waals surface area contributed by atoms with Gasteiger partial charge in [0.1, 0.15) is 18.7 Å². The quantitative estimate of drug-likeness (QED) is 0.750. The van der Waals surface area contributed by atoms with Crippen molar-refractivity contribution >= 4 is 5.91 Å². The molecule has 0 aromatic carbocycles. The third-order valence-electron chi connectivity index (χ3n) is 3.28. The molecule has 3 aromatic rings.